The lowest BCUT2D eigenvalue weighted by atomic mass is 10.0. The highest BCUT2D eigenvalue weighted by molar-refractivity contribution is 5.55. The molecule has 0 atom stereocenters. The summed E-state index contributed by atoms with van der Waals surface area (Å²) in [7, 11) is 0. The first-order chi connectivity index (χ1) is 8.43. The van der Waals surface area contributed by atoms with Crippen LogP contribution in [0.15, 0.2) is 48.8 Å². The van der Waals surface area contributed by atoms with Gasteiger partial charge in [-0.25, -0.2) is 0 Å². The molecule has 1 aliphatic heterocycles. The van der Waals surface area contributed by atoms with E-state index in [0.29, 0.717) is 0 Å². The molecule has 3 rings (SSSR count). The Morgan fingerprint density at radius 1 is 1.12 bits per heavy atom. The first-order valence-electron chi connectivity index (χ1n) is 6.15. The van der Waals surface area contributed by atoms with Crippen LogP contribution in [0.2, 0.25) is 0 Å². The number of pyridine rings is 1. The zero-order valence-corrected chi connectivity index (χ0v) is 9.84. The van der Waals surface area contributed by atoms with Crippen molar-refractivity contribution in [2.75, 3.05) is 11.4 Å². The fourth-order valence-electron chi connectivity index (χ4n) is 2.49. The minimum absolute atomic E-state index is 0.963. The first-order valence-corrected chi connectivity index (χ1v) is 6.15. The Labute approximate surface area is 102 Å². The second-order valence-electron chi connectivity index (χ2n) is 4.52. The maximum atomic E-state index is 4.18. The van der Waals surface area contributed by atoms with E-state index in [0.717, 1.165) is 13.1 Å². The van der Waals surface area contributed by atoms with E-state index in [1.165, 1.54) is 29.7 Å². The number of fused-ring (bicyclic) bond motifs is 1. The zero-order valence-electron chi connectivity index (χ0n) is 9.84. The van der Waals surface area contributed by atoms with Gasteiger partial charge in [0, 0.05) is 31.2 Å². The van der Waals surface area contributed by atoms with Crippen LogP contribution >= 0.6 is 0 Å². The quantitative estimate of drug-likeness (QED) is 0.779. The van der Waals surface area contributed by atoms with Crippen LogP contribution in [-0.2, 0) is 13.0 Å². The summed E-state index contributed by atoms with van der Waals surface area (Å²) in [6.07, 6.45) is 6.24. The molecule has 2 nitrogen and oxygen atoms in total. The highest BCUT2D eigenvalue weighted by atomic mass is 15.1. The van der Waals surface area contributed by atoms with E-state index in [4.69, 9.17) is 0 Å². The van der Waals surface area contributed by atoms with Crippen LogP contribution in [0.1, 0.15) is 17.5 Å². The number of aromatic nitrogens is 1. The van der Waals surface area contributed by atoms with Crippen molar-refractivity contribution >= 4 is 5.69 Å². The van der Waals surface area contributed by atoms with Crippen molar-refractivity contribution in [2.45, 2.75) is 19.4 Å². The van der Waals surface area contributed by atoms with Crippen molar-refractivity contribution in [3.63, 3.8) is 0 Å². The molecule has 0 N–H and O–H groups in total. The molecule has 0 amide bonds. The lowest BCUT2D eigenvalue weighted by Crippen LogP contribution is -2.28. The molecule has 0 aliphatic carbocycles. The van der Waals surface area contributed by atoms with Gasteiger partial charge < -0.3 is 4.90 Å². The third kappa shape index (κ3) is 2.16. The summed E-state index contributed by atoms with van der Waals surface area (Å²) in [4.78, 5) is 6.63. The van der Waals surface area contributed by atoms with E-state index in [9.17, 15) is 0 Å². The van der Waals surface area contributed by atoms with Crippen molar-refractivity contribution in [3.8, 4) is 0 Å². The summed E-state index contributed by atoms with van der Waals surface area (Å²) in [5, 5.41) is 0. The van der Waals surface area contributed by atoms with Gasteiger partial charge in [0.05, 0.1) is 0 Å². The van der Waals surface area contributed by atoms with Crippen LogP contribution < -0.4 is 4.90 Å². The molecule has 2 aromatic rings. The fraction of sp³-hybridized carbons (Fsp3) is 0.267. The van der Waals surface area contributed by atoms with Crippen molar-refractivity contribution in [1.29, 1.82) is 0 Å². The number of para-hydroxylation sites is 1. The van der Waals surface area contributed by atoms with Crippen LogP contribution in [0.3, 0.4) is 0 Å². The summed E-state index contributed by atoms with van der Waals surface area (Å²) in [5.74, 6) is 0. The number of hydrogen-bond acceptors (Lipinski definition) is 2. The van der Waals surface area contributed by atoms with Gasteiger partial charge >= 0.3 is 0 Å². The molecule has 0 saturated carbocycles. The molecule has 2 heterocycles. The summed E-state index contributed by atoms with van der Waals surface area (Å²) >= 11 is 0. The van der Waals surface area contributed by atoms with Crippen molar-refractivity contribution in [1.82, 2.24) is 4.98 Å². The molecule has 0 unspecified atom stereocenters. The van der Waals surface area contributed by atoms with Crippen LogP contribution in [0.4, 0.5) is 5.69 Å². The molecular weight excluding hydrogens is 208 g/mol. The number of aryl methyl sites for hydroxylation is 1. The van der Waals surface area contributed by atoms with Gasteiger partial charge in [0.2, 0.25) is 0 Å². The Morgan fingerprint density at radius 2 is 2.06 bits per heavy atom. The Hall–Kier alpha value is -1.83. The number of anilines is 1. The van der Waals surface area contributed by atoms with E-state index in [1.54, 1.807) is 0 Å². The smallest absolute Gasteiger partial charge is 0.0444 e. The average Bonchev–Trinajstić information content (AvgIpc) is 2.40. The average molecular weight is 224 g/mol. The molecule has 2 heteroatoms. The lowest BCUT2D eigenvalue weighted by molar-refractivity contribution is 0.690. The summed E-state index contributed by atoms with van der Waals surface area (Å²) in [6.45, 7) is 2.11. The third-order valence-corrected chi connectivity index (χ3v) is 3.30. The SMILES string of the molecule is c1cncc(CN2CCCc3ccccc32)c1. The lowest BCUT2D eigenvalue weighted by Gasteiger charge is -2.31. The molecule has 0 bridgehead atoms. The normalized spacial score (nSPS) is 14.5. The van der Waals surface area contributed by atoms with Crippen LogP contribution in [-0.4, -0.2) is 11.5 Å². The van der Waals surface area contributed by atoms with Gasteiger partial charge in [-0.05, 0) is 36.1 Å². The van der Waals surface area contributed by atoms with E-state index < -0.39 is 0 Å². The minimum Gasteiger partial charge on any atom is -0.367 e. The largest absolute Gasteiger partial charge is 0.367 e. The number of hydrogen-bond donors (Lipinski definition) is 0. The first kappa shape index (κ1) is 10.3. The summed E-state index contributed by atoms with van der Waals surface area (Å²) in [6, 6.07) is 12.9. The van der Waals surface area contributed by atoms with Gasteiger partial charge in [0.1, 0.15) is 0 Å². The number of rotatable bonds is 2. The Balaban J connectivity index is 1.86. The predicted molar refractivity (Wildman–Crippen MR) is 70.1 cm³/mol. The topological polar surface area (TPSA) is 16.1 Å². The van der Waals surface area contributed by atoms with Gasteiger partial charge in [-0.2, -0.15) is 0 Å². The molecule has 0 fully saturated rings. The van der Waals surface area contributed by atoms with Crippen molar-refractivity contribution in [3.05, 3.63) is 59.9 Å². The highest BCUT2D eigenvalue weighted by Gasteiger charge is 2.15. The molecule has 0 radical (unpaired) electrons. The van der Waals surface area contributed by atoms with E-state index >= 15 is 0 Å². The van der Waals surface area contributed by atoms with Gasteiger partial charge in [-0.3, -0.25) is 4.98 Å². The maximum Gasteiger partial charge on any atom is 0.0444 e. The number of nitrogens with zero attached hydrogens (tertiary/aromatic N) is 2. The van der Waals surface area contributed by atoms with Crippen LogP contribution in [0.5, 0.6) is 0 Å². The zero-order chi connectivity index (χ0) is 11.5. The van der Waals surface area contributed by atoms with E-state index in [1.807, 2.05) is 18.5 Å². The van der Waals surface area contributed by atoms with Crippen molar-refractivity contribution < 1.29 is 0 Å². The van der Waals surface area contributed by atoms with Gasteiger partial charge in [-0.15, -0.1) is 0 Å². The maximum absolute atomic E-state index is 4.18. The summed E-state index contributed by atoms with van der Waals surface area (Å²) in [5.41, 5.74) is 4.15. The van der Waals surface area contributed by atoms with E-state index in [2.05, 4.69) is 40.2 Å². The highest BCUT2D eigenvalue weighted by Crippen LogP contribution is 2.27. The molecule has 86 valence electrons. The molecule has 0 spiro atoms. The van der Waals surface area contributed by atoms with Crippen molar-refractivity contribution in [2.24, 2.45) is 0 Å². The minimum atomic E-state index is 0.963. The van der Waals surface area contributed by atoms with Crippen LogP contribution in [0.25, 0.3) is 0 Å². The standard InChI is InChI=1S/C15H16N2/c1-2-8-15-14(6-1)7-4-10-17(15)12-13-5-3-9-16-11-13/h1-3,5-6,8-9,11H,4,7,10,12H2. The Kier molecular flexibility index (Phi) is 2.78. The molecular formula is C15H16N2. The Morgan fingerprint density at radius 3 is 2.94 bits per heavy atom. The molecule has 17 heavy (non-hydrogen) atoms. The summed E-state index contributed by atoms with van der Waals surface area (Å²) < 4.78 is 0. The van der Waals surface area contributed by atoms with Gasteiger partial charge in [-0.1, -0.05) is 24.3 Å². The van der Waals surface area contributed by atoms with E-state index in [-0.39, 0.29) is 0 Å². The monoisotopic (exact) mass is 224 g/mol. The van der Waals surface area contributed by atoms with Gasteiger partial charge in [0.25, 0.3) is 0 Å². The number of benzene rings is 1. The second-order valence-corrected chi connectivity index (χ2v) is 4.52. The predicted octanol–water partition coefficient (Wildman–Crippen LogP) is 3.03. The third-order valence-electron chi connectivity index (χ3n) is 3.30. The Bertz CT molecular complexity index is 493. The molecule has 0 saturated heterocycles. The van der Waals surface area contributed by atoms with Crippen LogP contribution in [0, 0.1) is 0 Å². The molecule has 1 aromatic heterocycles. The van der Waals surface area contributed by atoms with Gasteiger partial charge in [0.15, 0.2) is 0 Å². The molecule has 1 aliphatic rings. The fourth-order valence-corrected chi connectivity index (χ4v) is 2.49. The molecule has 1 aromatic carbocycles. The second kappa shape index (κ2) is 4.58.